The summed E-state index contributed by atoms with van der Waals surface area (Å²) in [6.07, 6.45) is 11.2. The highest BCUT2D eigenvalue weighted by Crippen LogP contribution is 2.24. The molecule has 1 heterocycles. The second kappa shape index (κ2) is 7.20. The fourth-order valence-electron chi connectivity index (χ4n) is 1.83. The first-order chi connectivity index (χ1) is 6.84. The summed E-state index contributed by atoms with van der Waals surface area (Å²) in [4.78, 5) is 0. The Morgan fingerprint density at radius 3 is 3.07 bits per heavy atom. The predicted octanol–water partition coefficient (Wildman–Crippen LogP) is 2.66. The van der Waals surface area contributed by atoms with Gasteiger partial charge >= 0.3 is 0 Å². The van der Waals surface area contributed by atoms with Crippen molar-refractivity contribution in [3.8, 4) is 12.3 Å². The Bertz CT molecular complexity index is 185. The van der Waals surface area contributed by atoms with Gasteiger partial charge in [-0.3, -0.25) is 0 Å². The molecule has 2 unspecified atom stereocenters. The lowest BCUT2D eigenvalue weighted by atomic mass is 10.1. The molecule has 0 bridgehead atoms. The Kier molecular flexibility index (Phi) is 6.14. The molecule has 1 nitrogen and oxygen atoms in total. The Morgan fingerprint density at radius 2 is 2.36 bits per heavy atom. The third-order valence-corrected chi connectivity index (χ3v) is 4.14. The molecule has 14 heavy (non-hydrogen) atoms. The van der Waals surface area contributed by atoms with Crippen LogP contribution in [0.2, 0.25) is 0 Å². The second-order valence-corrected chi connectivity index (χ2v) is 5.43. The van der Waals surface area contributed by atoms with Crippen molar-refractivity contribution in [2.75, 3.05) is 12.3 Å². The fraction of sp³-hybridized carbons (Fsp3) is 0.833. The standard InChI is InChI=1S/C12H21NS/c1-3-4-5-6-9-13-12-8-7-10-14-11(12)2/h1,11-13H,4-10H2,2H3. The molecule has 0 aromatic rings. The van der Waals surface area contributed by atoms with Crippen LogP contribution in [0.25, 0.3) is 0 Å². The van der Waals surface area contributed by atoms with Gasteiger partial charge in [0.2, 0.25) is 0 Å². The lowest BCUT2D eigenvalue weighted by Crippen LogP contribution is -2.39. The largest absolute Gasteiger partial charge is 0.313 e. The summed E-state index contributed by atoms with van der Waals surface area (Å²) >= 11 is 2.10. The summed E-state index contributed by atoms with van der Waals surface area (Å²) < 4.78 is 0. The van der Waals surface area contributed by atoms with E-state index in [0.29, 0.717) is 0 Å². The van der Waals surface area contributed by atoms with Gasteiger partial charge in [0.25, 0.3) is 0 Å². The zero-order valence-corrected chi connectivity index (χ0v) is 9.91. The van der Waals surface area contributed by atoms with Crippen LogP contribution in [0.4, 0.5) is 0 Å². The molecule has 0 aromatic carbocycles. The summed E-state index contributed by atoms with van der Waals surface area (Å²) in [5.74, 6) is 4.03. The molecule has 0 aliphatic carbocycles. The lowest BCUT2D eigenvalue weighted by molar-refractivity contribution is 0.455. The van der Waals surface area contributed by atoms with Gasteiger partial charge in [0.15, 0.2) is 0 Å². The number of nitrogens with one attached hydrogen (secondary N) is 1. The molecule has 2 heteroatoms. The van der Waals surface area contributed by atoms with Gasteiger partial charge in [-0.15, -0.1) is 12.3 Å². The number of hydrogen-bond acceptors (Lipinski definition) is 2. The number of unbranched alkanes of at least 4 members (excludes halogenated alkanes) is 2. The zero-order valence-electron chi connectivity index (χ0n) is 9.09. The van der Waals surface area contributed by atoms with Crippen LogP contribution in [-0.2, 0) is 0 Å². The number of terminal acetylenes is 1. The molecule has 1 aliphatic rings. The Labute approximate surface area is 92.4 Å². The van der Waals surface area contributed by atoms with E-state index in [2.05, 4.69) is 29.9 Å². The van der Waals surface area contributed by atoms with Gasteiger partial charge < -0.3 is 5.32 Å². The molecule has 1 N–H and O–H groups in total. The molecule has 1 rings (SSSR count). The molecule has 1 fully saturated rings. The van der Waals surface area contributed by atoms with Crippen LogP contribution >= 0.6 is 11.8 Å². The third-order valence-electron chi connectivity index (χ3n) is 2.76. The molecule has 0 aromatic heterocycles. The highest BCUT2D eigenvalue weighted by molar-refractivity contribution is 7.99. The molecule has 0 saturated carbocycles. The molecule has 80 valence electrons. The minimum absolute atomic E-state index is 0.736. The number of hydrogen-bond donors (Lipinski definition) is 1. The van der Waals surface area contributed by atoms with Crippen LogP contribution in [0.15, 0.2) is 0 Å². The third kappa shape index (κ3) is 4.39. The van der Waals surface area contributed by atoms with Gasteiger partial charge in [-0.1, -0.05) is 6.92 Å². The van der Waals surface area contributed by atoms with Gasteiger partial charge in [0, 0.05) is 17.7 Å². The van der Waals surface area contributed by atoms with Gasteiger partial charge in [-0.2, -0.15) is 11.8 Å². The maximum absolute atomic E-state index is 5.20. The van der Waals surface area contributed by atoms with Gasteiger partial charge in [-0.05, 0) is 38.0 Å². The van der Waals surface area contributed by atoms with Crippen molar-refractivity contribution in [1.29, 1.82) is 0 Å². The zero-order chi connectivity index (χ0) is 10.2. The normalized spacial score (nSPS) is 27.1. The monoisotopic (exact) mass is 211 g/mol. The fourth-order valence-corrected chi connectivity index (χ4v) is 3.00. The first-order valence-electron chi connectivity index (χ1n) is 5.63. The lowest BCUT2D eigenvalue weighted by Gasteiger charge is -2.29. The first kappa shape index (κ1) is 11.9. The maximum Gasteiger partial charge on any atom is 0.0184 e. The van der Waals surface area contributed by atoms with E-state index in [1.807, 2.05) is 0 Å². The van der Waals surface area contributed by atoms with E-state index in [0.717, 1.165) is 30.7 Å². The topological polar surface area (TPSA) is 12.0 Å². The van der Waals surface area contributed by atoms with Crippen LogP contribution in [0, 0.1) is 12.3 Å². The van der Waals surface area contributed by atoms with E-state index < -0.39 is 0 Å². The first-order valence-corrected chi connectivity index (χ1v) is 6.68. The quantitative estimate of drug-likeness (QED) is 0.554. The predicted molar refractivity (Wildman–Crippen MR) is 65.6 cm³/mol. The molecule has 0 radical (unpaired) electrons. The minimum atomic E-state index is 0.736. The van der Waals surface area contributed by atoms with E-state index in [1.165, 1.54) is 25.0 Å². The molecule has 0 spiro atoms. The molecule has 0 amide bonds. The number of thioether (sulfide) groups is 1. The molecular weight excluding hydrogens is 190 g/mol. The van der Waals surface area contributed by atoms with Crippen molar-refractivity contribution in [3.05, 3.63) is 0 Å². The molecular formula is C12H21NS. The van der Waals surface area contributed by atoms with Crippen LogP contribution in [0.1, 0.15) is 39.0 Å². The second-order valence-electron chi connectivity index (χ2n) is 3.94. The van der Waals surface area contributed by atoms with Crippen molar-refractivity contribution in [2.45, 2.75) is 50.3 Å². The Hall–Kier alpha value is -0.130. The summed E-state index contributed by atoms with van der Waals surface area (Å²) in [5.41, 5.74) is 0. The van der Waals surface area contributed by atoms with E-state index in [-0.39, 0.29) is 0 Å². The molecule has 2 atom stereocenters. The summed E-state index contributed by atoms with van der Waals surface area (Å²) in [6, 6.07) is 0.736. The van der Waals surface area contributed by atoms with Crippen molar-refractivity contribution in [2.24, 2.45) is 0 Å². The highest BCUT2D eigenvalue weighted by atomic mass is 32.2. The van der Waals surface area contributed by atoms with Crippen molar-refractivity contribution in [3.63, 3.8) is 0 Å². The SMILES string of the molecule is C#CCCCCNC1CCCSC1C. The smallest absolute Gasteiger partial charge is 0.0184 e. The average molecular weight is 211 g/mol. The van der Waals surface area contributed by atoms with Crippen LogP contribution < -0.4 is 5.32 Å². The minimum Gasteiger partial charge on any atom is -0.313 e. The Balaban J connectivity index is 2.02. The van der Waals surface area contributed by atoms with Gasteiger partial charge in [0.05, 0.1) is 0 Å². The van der Waals surface area contributed by atoms with E-state index in [4.69, 9.17) is 6.42 Å². The van der Waals surface area contributed by atoms with Crippen molar-refractivity contribution < 1.29 is 0 Å². The van der Waals surface area contributed by atoms with Crippen LogP contribution in [-0.4, -0.2) is 23.6 Å². The number of rotatable bonds is 5. The maximum atomic E-state index is 5.20. The molecule has 1 saturated heterocycles. The van der Waals surface area contributed by atoms with E-state index >= 15 is 0 Å². The van der Waals surface area contributed by atoms with E-state index in [9.17, 15) is 0 Å². The summed E-state index contributed by atoms with van der Waals surface area (Å²) in [7, 11) is 0. The van der Waals surface area contributed by atoms with Gasteiger partial charge in [-0.25, -0.2) is 0 Å². The average Bonchev–Trinajstić information content (AvgIpc) is 2.20. The highest BCUT2D eigenvalue weighted by Gasteiger charge is 2.20. The van der Waals surface area contributed by atoms with Crippen LogP contribution in [0.3, 0.4) is 0 Å². The Morgan fingerprint density at radius 1 is 1.50 bits per heavy atom. The summed E-state index contributed by atoms with van der Waals surface area (Å²) in [6.45, 7) is 3.47. The van der Waals surface area contributed by atoms with Crippen molar-refractivity contribution in [1.82, 2.24) is 5.32 Å². The van der Waals surface area contributed by atoms with Crippen molar-refractivity contribution >= 4 is 11.8 Å². The van der Waals surface area contributed by atoms with Crippen LogP contribution in [0.5, 0.6) is 0 Å². The van der Waals surface area contributed by atoms with Gasteiger partial charge in [0.1, 0.15) is 0 Å². The molecule has 1 aliphatic heterocycles. The summed E-state index contributed by atoms with van der Waals surface area (Å²) in [5, 5.41) is 4.43. The van der Waals surface area contributed by atoms with E-state index in [1.54, 1.807) is 0 Å².